The minimum absolute atomic E-state index is 0.132. The Labute approximate surface area is 172 Å². The predicted molar refractivity (Wildman–Crippen MR) is 119 cm³/mol. The summed E-state index contributed by atoms with van der Waals surface area (Å²) in [6.45, 7) is 4.00. The Hall–Kier alpha value is -2.98. The lowest BCUT2D eigenvalue weighted by atomic mass is 10.0. The molecule has 0 unspecified atom stereocenters. The van der Waals surface area contributed by atoms with Gasteiger partial charge in [0, 0.05) is 21.1 Å². The molecule has 3 nitrogen and oxygen atoms in total. The highest BCUT2D eigenvalue weighted by atomic mass is 79.9. The topological polar surface area (TPSA) is 42.0 Å². The monoisotopic (exact) mass is 430 g/mol. The van der Waals surface area contributed by atoms with E-state index in [1.807, 2.05) is 86.6 Å². The molecule has 1 heterocycles. The van der Waals surface area contributed by atoms with Crippen LogP contribution in [-0.4, -0.2) is 10.9 Å². The molecule has 0 bridgehead atoms. The fraction of sp³-hybridized carbons (Fsp3) is 0.0833. The van der Waals surface area contributed by atoms with Crippen molar-refractivity contribution in [1.82, 2.24) is 4.98 Å². The summed E-state index contributed by atoms with van der Waals surface area (Å²) >= 11 is 3.51. The van der Waals surface area contributed by atoms with Gasteiger partial charge >= 0.3 is 0 Å². The molecule has 1 aromatic heterocycles. The number of fused-ring (bicyclic) bond motifs is 1. The molecule has 0 aliphatic rings. The average Bonchev–Trinajstić information content (AvgIpc) is 2.70. The highest BCUT2D eigenvalue weighted by Crippen LogP contribution is 2.28. The van der Waals surface area contributed by atoms with Crippen molar-refractivity contribution in [1.29, 1.82) is 0 Å². The van der Waals surface area contributed by atoms with Crippen LogP contribution in [0.2, 0.25) is 0 Å². The van der Waals surface area contributed by atoms with Gasteiger partial charge in [-0.15, -0.1) is 0 Å². The van der Waals surface area contributed by atoms with E-state index in [4.69, 9.17) is 4.98 Å². The molecule has 4 heteroatoms. The number of amides is 1. The molecule has 0 aliphatic carbocycles. The van der Waals surface area contributed by atoms with Gasteiger partial charge in [0.2, 0.25) is 0 Å². The Morgan fingerprint density at radius 2 is 1.61 bits per heavy atom. The SMILES string of the molecule is Cc1cccc(C)c1NC(=O)c1cc(-c2cccc(Br)c2)nc2ccccc12. The predicted octanol–water partition coefficient (Wildman–Crippen LogP) is 6.53. The van der Waals surface area contributed by atoms with Crippen molar-refractivity contribution in [3.8, 4) is 11.3 Å². The number of hydrogen-bond acceptors (Lipinski definition) is 2. The Kier molecular flexibility index (Phi) is 4.97. The summed E-state index contributed by atoms with van der Waals surface area (Å²) < 4.78 is 0.974. The van der Waals surface area contributed by atoms with E-state index >= 15 is 0 Å². The van der Waals surface area contributed by atoms with Gasteiger partial charge < -0.3 is 5.32 Å². The van der Waals surface area contributed by atoms with Gasteiger partial charge in [0.1, 0.15) is 0 Å². The fourth-order valence-electron chi connectivity index (χ4n) is 3.35. The largest absolute Gasteiger partial charge is 0.321 e. The molecule has 4 rings (SSSR count). The quantitative estimate of drug-likeness (QED) is 0.401. The van der Waals surface area contributed by atoms with Crippen molar-refractivity contribution in [3.63, 3.8) is 0 Å². The standard InChI is InChI=1S/C24H19BrN2O/c1-15-7-5-8-16(2)23(15)27-24(28)20-14-22(17-9-6-10-18(25)13-17)26-21-12-4-3-11-19(20)21/h3-14H,1-2H3,(H,27,28). The normalized spacial score (nSPS) is 10.8. The third-order valence-corrected chi connectivity index (χ3v) is 5.29. The van der Waals surface area contributed by atoms with Crippen LogP contribution in [0, 0.1) is 13.8 Å². The van der Waals surface area contributed by atoms with E-state index in [1.165, 1.54) is 0 Å². The van der Waals surface area contributed by atoms with E-state index in [1.54, 1.807) is 0 Å². The first-order valence-electron chi connectivity index (χ1n) is 9.06. The molecular formula is C24H19BrN2O. The van der Waals surface area contributed by atoms with E-state index in [2.05, 4.69) is 21.2 Å². The second-order valence-corrected chi connectivity index (χ2v) is 7.72. The van der Waals surface area contributed by atoms with Crippen LogP contribution in [0.3, 0.4) is 0 Å². The van der Waals surface area contributed by atoms with Crippen molar-refractivity contribution in [3.05, 3.63) is 94.0 Å². The minimum Gasteiger partial charge on any atom is -0.321 e. The van der Waals surface area contributed by atoms with Gasteiger partial charge in [-0.1, -0.05) is 64.5 Å². The molecule has 0 atom stereocenters. The number of halogens is 1. The van der Waals surface area contributed by atoms with Crippen LogP contribution in [-0.2, 0) is 0 Å². The van der Waals surface area contributed by atoms with Crippen molar-refractivity contribution in [2.24, 2.45) is 0 Å². The zero-order chi connectivity index (χ0) is 19.7. The number of rotatable bonds is 3. The lowest BCUT2D eigenvalue weighted by Crippen LogP contribution is -2.14. The number of para-hydroxylation sites is 2. The molecule has 3 aromatic carbocycles. The number of anilines is 1. The van der Waals surface area contributed by atoms with Gasteiger partial charge in [0.15, 0.2) is 0 Å². The number of carbonyl (C=O) groups excluding carboxylic acids is 1. The van der Waals surface area contributed by atoms with Crippen LogP contribution >= 0.6 is 15.9 Å². The van der Waals surface area contributed by atoms with Gasteiger partial charge in [0.05, 0.1) is 16.8 Å². The molecule has 0 aliphatic heterocycles. The summed E-state index contributed by atoms with van der Waals surface area (Å²) in [5.74, 6) is -0.132. The van der Waals surface area contributed by atoms with Crippen molar-refractivity contribution in [2.75, 3.05) is 5.32 Å². The van der Waals surface area contributed by atoms with Crippen LogP contribution < -0.4 is 5.32 Å². The third kappa shape index (κ3) is 3.56. The molecule has 28 heavy (non-hydrogen) atoms. The van der Waals surface area contributed by atoms with Crippen LogP contribution in [0.5, 0.6) is 0 Å². The highest BCUT2D eigenvalue weighted by Gasteiger charge is 2.16. The highest BCUT2D eigenvalue weighted by molar-refractivity contribution is 9.10. The summed E-state index contributed by atoms with van der Waals surface area (Å²) in [4.78, 5) is 18.0. The summed E-state index contributed by atoms with van der Waals surface area (Å²) in [5.41, 5.74) is 6.08. The van der Waals surface area contributed by atoms with Crippen LogP contribution in [0.4, 0.5) is 5.69 Å². The summed E-state index contributed by atoms with van der Waals surface area (Å²) in [6, 6.07) is 23.5. The summed E-state index contributed by atoms with van der Waals surface area (Å²) in [7, 11) is 0. The molecule has 0 radical (unpaired) electrons. The zero-order valence-electron chi connectivity index (χ0n) is 15.7. The second kappa shape index (κ2) is 7.56. The van der Waals surface area contributed by atoms with Gasteiger partial charge in [-0.3, -0.25) is 4.79 Å². The molecular weight excluding hydrogens is 412 g/mol. The summed E-state index contributed by atoms with van der Waals surface area (Å²) in [6.07, 6.45) is 0. The second-order valence-electron chi connectivity index (χ2n) is 6.80. The Morgan fingerprint density at radius 1 is 0.893 bits per heavy atom. The summed E-state index contributed by atoms with van der Waals surface area (Å²) in [5, 5.41) is 3.94. The molecule has 0 spiro atoms. The molecule has 1 amide bonds. The molecule has 4 aromatic rings. The Balaban J connectivity index is 1.84. The minimum atomic E-state index is -0.132. The van der Waals surface area contributed by atoms with E-state index in [-0.39, 0.29) is 5.91 Å². The number of carbonyl (C=O) groups is 1. The maximum Gasteiger partial charge on any atom is 0.256 e. The molecule has 0 saturated carbocycles. The first-order chi connectivity index (χ1) is 13.5. The van der Waals surface area contributed by atoms with Crippen molar-refractivity contribution >= 4 is 38.4 Å². The van der Waals surface area contributed by atoms with Crippen molar-refractivity contribution in [2.45, 2.75) is 13.8 Å². The lowest BCUT2D eigenvalue weighted by molar-refractivity contribution is 0.102. The van der Waals surface area contributed by atoms with Gasteiger partial charge in [-0.05, 0) is 49.2 Å². The number of nitrogens with one attached hydrogen (secondary N) is 1. The van der Waals surface area contributed by atoms with Crippen molar-refractivity contribution < 1.29 is 4.79 Å². The Bertz CT molecular complexity index is 1180. The number of pyridine rings is 1. The smallest absolute Gasteiger partial charge is 0.256 e. The third-order valence-electron chi connectivity index (χ3n) is 4.80. The van der Waals surface area contributed by atoms with Crippen LogP contribution in [0.25, 0.3) is 22.2 Å². The first kappa shape index (κ1) is 18.4. The maximum absolute atomic E-state index is 13.2. The van der Waals surface area contributed by atoms with E-state index in [0.29, 0.717) is 5.56 Å². The fourth-order valence-corrected chi connectivity index (χ4v) is 3.75. The zero-order valence-corrected chi connectivity index (χ0v) is 17.2. The number of nitrogens with zero attached hydrogens (tertiary/aromatic N) is 1. The molecule has 138 valence electrons. The first-order valence-corrected chi connectivity index (χ1v) is 9.85. The molecule has 0 fully saturated rings. The van der Waals surface area contributed by atoms with Gasteiger partial charge in [-0.2, -0.15) is 0 Å². The van der Waals surface area contributed by atoms with E-state index in [9.17, 15) is 4.79 Å². The number of aryl methyl sites for hydroxylation is 2. The molecule has 1 N–H and O–H groups in total. The average molecular weight is 431 g/mol. The number of benzene rings is 3. The number of aromatic nitrogens is 1. The Morgan fingerprint density at radius 3 is 2.36 bits per heavy atom. The van der Waals surface area contributed by atoms with Gasteiger partial charge in [0.25, 0.3) is 5.91 Å². The van der Waals surface area contributed by atoms with Gasteiger partial charge in [-0.25, -0.2) is 4.98 Å². The lowest BCUT2D eigenvalue weighted by Gasteiger charge is -2.14. The van der Waals surface area contributed by atoms with E-state index < -0.39 is 0 Å². The molecule has 0 saturated heterocycles. The maximum atomic E-state index is 13.2. The van der Waals surface area contributed by atoms with Crippen LogP contribution in [0.1, 0.15) is 21.5 Å². The van der Waals surface area contributed by atoms with E-state index in [0.717, 1.165) is 43.4 Å². The van der Waals surface area contributed by atoms with Crippen LogP contribution in [0.15, 0.2) is 77.3 Å². The number of hydrogen-bond donors (Lipinski definition) is 1.